The Kier molecular flexibility index (Phi) is 3.92. The molecule has 0 aromatic carbocycles. The first kappa shape index (κ1) is 12.9. The maximum Gasteiger partial charge on any atom is 0.0553 e. The van der Waals surface area contributed by atoms with Gasteiger partial charge >= 0.3 is 0 Å². The minimum atomic E-state index is -0.153. The van der Waals surface area contributed by atoms with Crippen molar-refractivity contribution < 1.29 is 5.11 Å². The van der Waals surface area contributed by atoms with Crippen LogP contribution in [0.2, 0.25) is 0 Å². The highest BCUT2D eigenvalue weighted by atomic mass is 16.3. The maximum atomic E-state index is 9.90. The predicted octanol–water partition coefficient (Wildman–Crippen LogP) is 1.61. The number of nitrogens with zero attached hydrogens (tertiary/aromatic N) is 1. The molecular weight excluding hydrogens is 224 g/mol. The van der Waals surface area contributed by atoms with Crippen molar-refractivity contribution in [2.75, 3.05) is 19.6 Å². The van der Waals surface area contributed by atoms with Crippen LogP contribution in [0.1, 0.15) is 45.4 Å². The smallest absolute Gasteiger partial charge is 0.0553 e. The highest BCUT2D eigenvalue weighted by Crippen LogP contribution is 2.32. The second kappa shape index (κ2) is 5.48. The fraction of sp³-hybridized carbons (Fsp3) is 1.00. The van der Waals surface area contributed by atoms with Crippen molar-refractivity contribution >= 4 is 0 Å². The Hall–Kier alpha value is -0.120. The quantitative estimate of drug-likeness (QED) is 0.780. The third-order valence-electron chi connectivity index (χ3n) is 5.18. The lowest BCUT2D eigenvalue weighted by Gasteiger charge is -2.40. The molecule has 2 N–H and O–H groups in total. The summed E-state index contributed by atoms with van der Waals surface area (Å²) < 4.78 is 0. The SMILES string of the molecule is CC(O)C1CC(NCC2CCC2)CN(C2CC2)C1. The van der Waals surface area contributed by atoms with Crippen LogP contribution in [0.5, 0.6) is 0 Å². The van der Waals surface area contributed by atoms with Crippen molar-refractivity contribution in [2.45, 2.75) is 63.6 Å². The average molecular weight is 252 g/mol. The zero-order valence-electron chi connectivity index (χ0n) is 11.6. The molecule has 3 rings (SSSR count). The maximum absolute atomic E-state index is 9.90. The topological polar surface area (TPSA) is 35.5 Å². The molecule has 2 saturated carbocycles. The third-order valence-corrected chi connectivity index (χ3v) is 5.18. The number of hydrogen-bond acceptors (Lipinski definition) is 3. The van der Waals surface area contributed by atoms with Crippen LogP contribution >= 0.6 is 0 Å². The Balaban J connectivity index is 1.51. The molecule has 0 radical (unpaired) electrons. The van der Waals surface area contributed by atoms with Crippen LogP contribution in [0.3, 0.4) is 0 Å². The van der Waals surface area contributed by atoms with Crippen molar-refractivity contribution in [1.29, 1.82) is 0 Å². The lowest BCUT2D eigenvalue weighted by atomic mass is 9.84. The van der Waals surface area contributed by atoms with E-state index in [4.69, 9.17) is 0 Å². The molecular formula is C15H28N2O. The van der Waals surface area contributed by atoms with E-state index in [0.29, 0.717) is 12.0 Å². The Morgan fingerprint density at radius 1 is 1.22 bits per heavy atom. The van der Waals surface area contributed by atoms with E-state index in [9.17, 15) is 5.11 Å². The molecule has 1 heterocycles. The molecule has 104 valence electrons. The second-order valence-corrected chi connectivity index (χ2v) is 6.82. The first-order valence-corrected chi connectivity index (χ1v) is 7.88. The first-order chi connectivity index (χ1) is 8.72. The largest absolute Gasteiger partial charge is 0.393 e. The Labute approximate surface area is 111 Å². The summed E-state index contributed by atoms with van der Waals surface area (Å²) in [6, 6.07) is 1.44. The summed E-state index contributed by atoms with van der Waals surface area (Å²) >= 11 is 0. The van der Waals surface area contributed by atoms with Crippen LogP contribution in [0.15, 0.2) is 0 Å². The molecule has 1 aliphatic heterocycles. The van der Waals surface area contributed by atoms with Gasteiger partial charge in [-0.05, 0) is 57.4 Å². The molecule has 3 fully saturated rings. The van der Waals surface area contributed by atoms with Gasteiger partial charge in [-0.1, -0.05) is 6.42 Å². The zero-order chi connectivity index (χ0) is 12.5. The van der Waals surface area contributed by atoms with Gasteiger partial charge in [-0.25, -0.2) is 0 Å². The minimum Gasteiger partial charge on any atom is -0.393 e. The number of rotatable bonds is 5. The van der Waals surface area contributed by atoms with Gasteiger partial charge in [0.1, 0.15) is 0 Å². The van der Waals surface area contributed by atoms with Gasteiger partial charge in [0.25, 0.3) is 0 Å². The number of hydrogen-bond donors (Lipinski definition) is 2. The number of likely N-dealkylation sites (tertiary alicyclic amines) is 1. The summed E-state index contributed by atoms with van der Waals surface area (Å²) in [5.41, 5.74) is 0. The molecule has 18 heavy (non-hydrogen) atoms. The molecule has 1 saturated heterocycles. The van der Waals surface area contributed by atoms with E-state index < -0.39 is 0 Å². The van der Waals surface area contributed by atoms with Gasteiger partial charge in [0.05, 0.1) is 6.10 Å². The molecule has 0 aromatic heterocycles. The van der Waals surface area contributed by atoms with Crippen LogP contribution in [0, 0.1) is 11.8 Å². The summed E-state index contributed by atoms with van der Waals surface area (Å²) in [6.07, 6.45) is 8.04. The Bertz CT molecular complexity index is 264. The van der Waals surface area contributed by atoms with Gasteiger partial charge in [-0.3, -0.25) is 4.90 Å². The summed E-state index contributed by atoms with van der Waals surface area (Å²) in [4.78, 5) is 2.62. The van der Waals surface area contributed by atoms with Crippen molar-refractivity contribution in [2.24, 2.45) is 11.8 Å². The third kappa shape index (κ3) is 3.06. The molecule has 3 heteroatoms. The Morgan fingerprint density at radius 2 is 2.00 bits per heavy atom. The zero-order valence-corrected chi connectivity index (χ0v) is 11.6. The van der Waals surface area contributed by atoms with Crippen LogP contribution < -0.4 is 5.32 Å². The van der Waals surface area contributed by atoms with Crippen molar-refractivity contribution in [3.8, 4) is 0 Å². The van der Waals surface area contributed by atoms with E-state index >= 15 is 0 Å². The first-order valence-electron chi connectivity index (χ1n) is 7.88. The summed E-state index contributed by atoms with van der Waals surface area (Å²) in [7, 11) is 0. The second-order valence-electron chi connectivity index (χ2n) is 6.82. The van der Waals surface area contributed by atoms with Gasteiger partial charge in [-0.2, -0.15) is 0 Å². The fourth-order valence-electron chi connectivity index (χ4n) is 3.44. The highest BCUT2D eigenvalue weighted by Gasteiger charge is 2.37. The van der Waals surface area contributed by atoms with Crippen LogP contribution in [-0.2, 0) is 0 Å². The molecule has 3 aliphatic rings. The lowest BCUT2D eigenvalue weighted by Crippen LogP contribution is -2.53. The minimum absolute atomic E-state index is 0.153. The number of nitrogens with one attached hydrogen (secondary N) is 1. The van der Waals surface area contributed by atoms with E-state index in [-0.39, 0.29) is 6.10 Å². The molecule has 3 atom stereocenters. The normalized spacial score (nSPS) is 36.3. The number of aliphatic hydroxyl groups is 1. The molecule has 2 aliphatic carbocycles. The van der Waals surface area contributed by atoms with Crippen LogP contribution in [0.4, 0.5) is 0 Å². The Morgan fingerprint density at radius 3 is 2.56 bits per heavy atom. The van der Waals surface area contributed by atoms with E-state index in [1.165, 1.54) is 45.2 Å². The highest BCUT2D eigenvalue weighted by molar-refractivity contribution is 4.93. The van der Waals surface area contributed by atoms with Gasteiger partial charge in [-0.15, -0.1) is 0 Å². The van der Waals surface area contributed by atoms with Crippen LogP contribution in [-0.4, -0.2) is 47.8 Å². The van der Waals surface area contributed by atoms with Crippen LogP contribution in [0.25, 0.3) is 0 Å². The summed E-state index contributed by atoms with van der Waals surface area (Å²) in [6.45, 7) is 5.49. The lowest BCUT2D eigenvalue weighted by molar-refractivity contribution is 0.0432. The predicted molar refractivity (Wildman–Crippen MR) is 73.5 cm³/mol. The van der Waals surface area contributed by atoms with Gasteiger partial charge in [0, 0.05) is 25.2 Å². The monoisotopic (exact) mass is 252 g/mol. The van der Waals surface area contributed by atoms with Crippen molar-refractivity contribution in [3.63, 3.8) is 0 Å². The van der Waals surface area contributed by atoms with Gasteiger partial charge in [0.2, 0.25) is 0 Å². The molecule has 0 amide bonds. The van der Waals surface area contributed by atoms with E-state index in [0.717, 1.165) is 24.9 Å². The average Bonchev–Trinajstić information content (AvgIpc) is 3.10. The standard InChI is InChI=1S/C15H28N2O/c1-11(18)13-7-14(16-8-12-3-2-4-12)10-17(9-13)15-5-6-15/h11-16,18H,2-10H2,1H3. The molecule has 0 aromatic rings. The fourth-order valence-corrected chi connectivity index (χ4v) is 3.44. The van der Waals surface area contributed by atoms with Gasteiger partial charge in [0.15, 0.2) is 0 Å². The molecule has 0 bridgehead atoms. The van der Waals surface area contributed by atoms with Gasteiger partial charge < -0.3 is 10.4 Å². The molecule has 3 unspecified atom stereocenters. The number of piperidine rings is 1. The summed E-state index contributed by atoms with van der Waals surface area (Å²) in [5.74, 6) is 1.41. The number of aliphatic hydroxyl groups excluding tert-OH is 1. The van der Waals surface area contributed by atoms with Crippen molar-refractivity contribution in [1.82, 2.24) is 10.2 Å². The van der Waals surface area contributed by atoms with E-state index in [1.807, 2.05) is 6.92 Å². The van der Waals surface area contributed by atoms with E-state index in [2.05, 4.69) is 10.2 Å². The molecule has 3 nitrogen and oxygen atoms in total. The van der Waals surface area contributed by atoms with E-state index in [1.54, 1.807) is 0 Å². The molecule has 0 spiro atoms. The van der Waals surface area contributed by atoms with Crippen molar-refractivity contribution in [3.05, 3.63) is 0 Å². The summed E-state index contributed by atoms with van der Waals surface area (Å²) in [5, 5.41) is 13.7.